The van der Waals surface area contributed by atoms with Gasteiger partial charge in [0.1, 0.15) is 0 Å². The van der Waals surface area contributed by atoms with Crippen molar-refractivity contribution >= 4 is 40.2 Å². The molecule has 0 nitrogen and oxygen atoms in total. The van der Waals surface area contributed by atoms with Crippen LogP contribution in [0, 0.1) is 0 Å². The quantitative estimate of drug-likeness (QED) is 0.411. The first-order valence-electron chi connectivity index (χ1n) is 3.40. The third-order valence-electron chi connectivity index (χ3n) is 1.50. The maximum absolute atomic E-state index is 4.30. The average molecular weight is 239 g/mol. The normalized spacial score (nSPS) is 32.6. The second kappa shape index (κ2) is 4.76. The van der Waals surface area contributed by atoms with Crippen molar-refractivity contribution in [1.82, 2.24) is 0 Å². The van der Waals surface area contributed by atoms with Crippen LogP contribution in [0.25, 0.3) is 0 Å². The van der Waals surface area contributed by atoms with E-state index in [4.69, 9.17) is 0 Å². The Morgan fingerprint density at radius 2 is 2.20 bits per heavy atom. The summed E-state index contributed by atoms with van der Waals surface area (Å²) >= 11 is 9.33. The van der Waals surface area contributed by atoms with Crippen molar-refractivity contribution in [3.05, 3.63) is 12.2 Å². The monoisotopic (exact) mass is 240 g/mol. The number of hydrogen-bond donors (Lipinski definition) is 2. The van der Waals surface area contributed by atoms with Gasteiger partial charge in [0.25, 0.3) is 0 Å². The molecule has 1 heterocycles. The summed E-state index contributed by atoms with van der Waals surface area (Å²) in [5.41, 5.74) is 0. The zero-order valence-electron chi connectivity index (χ0n) is 5.73. The van der Waals surface area contributed by atoms with Crippen LogP contribution < -0.4 is 0 Å². The standard InChI is InChI=1S/C7H12S2Se/c8-4-6-2-1-3-7(5-9)10-6/h1-2,6-9H,3-5H2. The molecule has 0 saturated carbocycles. The van der Waals surface area contributed by atoms with Crippen molar-refractivity contribution in [2.75, 3.05) is 11.5 Å². The molecule has 0 aromatic heterocycles. The molecular formula is C7H12S2Se. The maximum atomic E-state index is 4.30. The van der Waals surface area contributed by atoms with Gasteiger partial charge in [-0.3, -0.25) is 0 Å². The Hall–Kier alpha value is 0.959. The Kier molecular flexibility index (Phi) is 4.31. The molecule has 58 valence electrons. The van der Waals surface area contributed by atoms with Crippen molar-refractivity contribution in [2.45, 2.75) is 16.1 Å². The first kappa shape index (κ1) is 9.05. The summed E-state index contributed by atoms with van der Waals surface area (Å²) in [7, 11) is 0. The van der Waals surface area contributed by atoms with Gasteiger partial charge in [-0.25, -0.2) is 0 Å². The van der Waals surface area contributed by atoms with Gasteiger partial charge in [-0.2, -0.15) is 0 Å². The van der Waals surface area contributed by atoms with Gasteiger partial charge in [0.15, 0.2) is 0 Å². The fourth-order valence-corrected chi connectivity index (χ4v) is 4.41. The van der Waals surface area contributed by atoms with E-state index in [0.717, 1.165) is 36.1 Å². The van der Waals surface area contributed by atoms with Crippen LogP contribution in [0.1, 0.15) is 6.42 Å². The van der Waals surface area contributed by atoms with Crippen LogP contribution in [0.2, 0.25) is 9.63 Å². The van der Waals surface area contributed by atoms with Crippen molar-refractivity contribution < 1.29 is 0 Å². The van der Waals surface area contributed by atoms with Crippen LogP contribution in [-0.2, 0) is 0 Å². The molecule has 10 heavy (non-hydrogen) atoms. The second-order valence-corrected chi connectivity index (χ2v) is 6.30. The molecule has 0 spiro atoms. The van der Waals surface area contributed by atoms with E-state index in [1.165, 1.54) is 6.42 Å². The van der Waals surface area contributed by atoms with E-state index in [2.05, 4.69) is 37.4 Å². The van der Waals surface area contributed by atoms with Gasteiger partial charge in [0.05, 0.1) is 0 Å². The molecule has 3 heteroatoms. The van der Waals surface area contributed by atoms with Crippen LogP contribution in [0.3, 0.4) is 0 Å². The molecule has 0 aromatic carbocycles. The van der Waals surface area contributed by atoms with Gasteiger partial charge < -0.3 is 0 Å². The molecule has 1 aliphatic rings. The summed E-state index contributed by atoms with van der Waals surface area (Å²) in [5, 5.41) is 0. The average Bonchev–Trinajstić information content (AvgIpc) is 2.05. The third-order valence-corrected chi connectivity index (χ3v) is 6.42. The van der Waals surface area contributed by atoms with E-state index in [-0.39, 0.29) is 0 Å². The summed E-state index contributed by atoms with van der Waals surface area (Å²) in [6.07, 6.45) is 5.84. The van der Waals surface area contributed by atoms with Crippen LogP contribution in [-0.4, -0.2) is 26.5 Å². The molecule has 1 aliphatic heterocycles. The van der Waals surface area contributed by atoms with Gasteiger partial charge in [-0.05, 0) is 0 Å². The Bertz CT molecular complexity index is 125. The summed E-state index contributed by atoms with van der Waals surface area (Å²) < 4.78 is 0. The predicted octanol–water partition coefficient (Wildman–Crippen LogP) is 2.09. The van der Waals surface area contributed by atoms with Crippen LogP contribution in [0.5, 0.6) is 0 Å². The Balaban J connectivity index is 2.38. The molecule has 0 radical (unpaired) electrons. The number of thiol groups is 2. The third kappa shape index (κ3) is 2.54. The molecule has 0 aromatic rings. The molecule has 0 fully saturated rings. The minimum atomic E-state index is 0.748. The van der Waals surface area contributed by atoms with Crippen molar-refractivity contribution in [1.29, 1.82) is 0 Å². The Morgan fingerprint density at radius 1 is 1.40 bits per heavy atom. The first-order valence-corrected chi connectivity index (χ1v) is 6.65. The predicted molar refractivity (Wildman–Crippen MR) is 54.7 cm³/mol. The van der Waals surface area contributed by atoms with E-state index in [1.54, 1.807) is 0 Å². The van der Waals surface area contributed by atoms with E-state index < -0.39 is 0 Å². The molecule has 0 N–H and O–H groups in total. The SMILES string of the molecule is SCC1C=CCC(CS)[Se]1. The summed E-state index contributed by atoms with van der Waals surface area (Å²) in [6, 6.07) is 0. The number of hydrogen-bond acceptors (Lipinski definition) is 2. The van der Waals surface area contributed by atoms with Crippen molar-refractivity contribution in [2.24, 2.45) is 0 Å². The summed E-state index contributed by atoms with van der Waals surface area (Å²) in [4.78, 5) is 1.62. The second-order valence-electron chi connectivity index (χ2n) is 2.33. The van der Waals surface area contributed by atoms with Gasteiger partial charge in [0, 0.05) is 0 Å². The zero-order chi connectivity index (χ0) is 7.40. The van der Waals surface area contributed by atoms with Crippen LogP contribution >= 0.6 is 25.3 Å². The van der Waals surface area contributed by atoms with Gasteiger partial charge >= 0.3 is 79.9 Å². The Labute approximate surface area is 79.8 Å². The molecule has 0 bridgehead atoms. The first-order chi connectivity index (χ1) is 4.86. The van der Waals surface area contributed by atoms with Crippen molar-refractivity contribution in [3.63, 3.8) is 0 Å². The topological polar surface area (TPSA) is 0 Å². The van der Waals surface area contributed by atoms with Gasteiger partial charge in [0.2, 0.25) is 0 Å². The fourth-order valence-electron chi connectivity index (χ4n) is 0.952. The fraction of sp³-hybridized carbons (Fsp3) is 0.714. The molecule has 1 rings (SSSR count). The zero-order valence-corrected chi connectivity index (χ0v) is 9.24. The van der Waals surface area contributed by atoms with E-state index in [0.29, 0.717) is 0 Å². The summed E-state index contributed by atoms with van der Waals surface area (Å²) in [5.74, 6) is 2.06. The summed E-state index contributed by atoms with van der Waals surface area (Å²) in [6.45, 7) is 0. The molecule has 0 amide bonds. The van der Waals surface area contributed by atoms with Crippen LogP contribution in [0.4, 0.5) is 0 Å². The molecule has 2 atom stereocenters. The van der Waals surface area contributed by atoms with Crippen molar-refractivity contribution in [3.8, 4) is 0 Å². The van der Waals surface area contributed by atoms with E-state index in [1.807, 2.05) is 0 Å². The van der Waals surface area contributed by atoms with Crippen LogP contribution in [0.15, 0.2) is 12.2 Å². The number of allylic oxidation sites excluding steroid dienone is 2. The van der Waals surface area contributed by atoms with E-state index in [9.17, 15) is 0 Å². The molecule has 2 unspecified atom stereocenters. The molecular weight excluding hydrogens is 227 g/mol. The molecule has 0 aliphatic carbocycles. The molecule has 0 saturated heterocycles. The number of rotatable bonds is 2. The Morgan fingerprint density at radius 3 is 2.80 bits per heavy atom. The minimum absolute atomic E-state index is 0.748. The van der Waals surface area contributed by atoms with Gasteiger partial charge in [-0.15, -0.1) is 0 Å². The van der Waals surface area contributed by atoms with E-state index >= 15 is 0 Å². The van der Waals surface area contributed by atoms with Gasteiger partial charge in [-0.1, -0.05) is 0 Å².